The van der Waals surface area contributed by atoms with Crippen LogP contribution in [0.2, 0.25) is 0 Å². The molecular formula is C19H31N5O2. The smallest absolute Gasteiger partial charge is 0.220 e. The van der Waals surface area contributed by atoms with E-state index in [1.54, 1.807) is 6.33 Å². The SMILES string of the molecule is O=C(CCC1CCCCC1)NCCNc1cc(N2CCOCC2)ncn1. The van der Waals surface area contributed by atoms with Gasteiger partial charge in [0, 0.05) is 38.7 Å². The lowest BCUT2D eigenvalue weighted by molar-refractivity contribution is -0.121. The molecule has 2 aliphatic rings. The molecule has 0 unspecified atom stereocenters. The summed E-state index contributed by atoms with van der Waals surface area (Å²) in [6.45, 7) is 4.45. The number of morpholine rings is 1. The van der Waals surface area contributed by atoms with Crippen molar-refractivity contribution in [2.24, 2.45) is 5.92 Å². The summed E-state index contributed by atoms with van der Waals surface area (Å²) in [5.41, 5.74) is 0. The van der Waals surface area contributed by atoms with Crippen LogP contribution in [0.1, 0.15) is 44.9 Å². The third-order valence-electron chi connectivity index (χ3n) is 5.25. The third-order valence-corrected chi connectivity index (χ3v) is 5.25. The van der Waals surface area contributed by atoms with Crippen molar-refractivity contribution in [3.8, 4) is 0 Å². The van der Waals surface area contributed by atoms with Crippen molar-refractivity contribution in [2.75, 3.05) is 49.6 Å². The molecule has 144 valence electrons. The fourth-order valence-corrected chi connectivity index (χ4v) is 3.70. The van der Waals surface area contributed by atoms with E-state index < -0.39 is 0 Å². The van der Waals surface area contributed by atoms with E-state index in [9.17, 15) is 4.79 Å². The van der Waals surface area contributed by atoms with Gasteiger partial charge >= 0.3 is 0 Å². The minimum absolute atomic E-state index is 0.161. The highest BCUT2D eigenvalue weighted by Gasteiger charge is 2.15. The van der Waals surface area contributed by atoms with Crippen LogP contribution in [0.5, 0.6) is 0 Å². The molecular weight excluding hydrogens is 330 g/mol. The summed E-state index contributed by atoms with van der Waals surface area (Å²) in [4.78, 5) is 22.8. The Morgan fingerprint density at radius 3 is 2.77 bits per heavy atom. The molecule has 2 heterocycles. The maximum absolute atomic E-state index is 12.0. The first-order chi connectivity index (χ1) is 12.8. The number of hydrogen-bond donors (Lipinski definition) is 2. The van der Waals surface area contributed by atoms with E-state index in [2.05, 4.69) is 25.5 Å². The van der Waals surface area contributed by atoms with E-state index in [1.165, 1.54) is 32.1 Å². The molecule has 0 spiro atoms. The number of nitrogens with zero attached hydrogens (tertiary/aromatic N) is 3. The van der Waals surface area contributed by atoms with Gasteiger partial charge < -0.3 is 20.3 Å². The van der Waals surface area contributed by atoms with E-state index >= 15 is 0 Å². The number of amides is 1. The van der Waals surface area contributed by atoms with E-state index in [0.717, 1.165) is 50.3 Å². The molecule has 1 aromatic heterocycles. The molecule has 1 aromatic rings. The molecule has 2 N–H and O–H groups in total. The number of ether oxygens (including phenoxy) is 1. The van der Waals surface area contributed by atoms with Crippen LogP contribution in [0.15, 0.2) is 12.4 Å². The molecule has 0 atom stereocenters. The van der Waals surface area contributed by atoms with Gasteiger partial charge in [-0.3, -0.25) is 4.79 Å². The highest BCUT2D eigenvalue weighted by Crippen LogP contribution is 2.27. The van der Waals surface area contributed by atoms with Crippen molar-refractivity contribution in [3.63, 3.8) is 0 Å². The van der Waals surface area contributed by atoms with Gasteiger partial charge in [-0.25, -0.2) is 9.97 Å². The normalized spacial score (nSPS) is 18.5. The summed E-state index contributed by atoms with van der Waals surface area (Å²) >= 11 is 0. The van der Waals surface area contributed by atoms with Gasteiger partial charge in [0.25, 0.3) is 0 Å². The van der Waals surface area contributed by atoms with E-state index in [4.69, 9.17) is 4.74 Å². The number of carbonyl (C=O) groups is 1. The fraction of sp³-hybridized carbons (Fsp3) is 0.737. The van der Waals surface area contributed by atoms with Crippen molar-refractivity contribution in [1.82, 2.24) is 15.3 Å². The molecule has 0 aromatic carbocycles. The predicted molar refractivity (Wildman–Crippen MR) is 102 cm³/mol. The average molecular weight is 361 g/mol. The van der Waals surface area contributed by atoms with Crippen LogP contribution in [0, 0.1) is 5.92 Å². The molecule has 3 rings (SSSR count). The monoisotopic (exact) mass is 361 g/mol. The molecule has 2 fully saturated rings. The van der Waals surface area contributed by atoms with Crippen LogP contribution in [0.25, 0.3) is 0 Å². The molecule has 7 heteroatoms. The molecule has 7 nitrogen and oxygen atoms in total. The van der Waals surface area contributed by atoms with E-state index in [-0.39, 0.29) is 5.91 Å². The molecule has 0 radical (unpaired) electrons. The summed E-state index contributed by atoms with van der Waals surface area (Å²) in [6, 6.07) is 1.95. The summed E-state index contributed by atoms with van der Waals surface area (Å²) < 4.78 is 5.37. The third kappa shape index (κ3) is 6.12. The largest absolute Gasteiger partial charge is 0.378 e. The Labute approximate surface area is 155 Å². The Balaban J connectivity index is 1.32. The lowest BCUT2D eigenvalue weighted by Gasteiger charge is -2.27. The van der Waals surface area contributed by atoms with Gasteiger partial charge in [0.05, 0.1) is 13.2 Å². The van der Waals surface area contributed by atoms with Gasteiger partial charge in [-0.2, -0.15) is 0 Å². The van der Waals surface area contributed by atoms with Gasteiger partial charge in [-0.1, -0.05) is 32.1 Å². The number of nitrogens with one attached hydrogen (secondary N) is 2. The van der Waals surface area contributed by atoms with Crippen molar-refractivity contribution < 1.29 is 9.53 Å². The molecule has 26 heavy (non-hydrogen) atoms. The van der Waals surface area contributed by atoms with Crippen LogP contribution in [-0.2, 0) is 9.53 Å². The number of rotatable bonds is 8. The van der Waals surface area contributed by atoms with Crippen molar-refractivity contribution in [2.45, 2.75) is 44.9 Å². The van der Waals surface area contributed by atoms with Crippen LogP contribution in [0.4, 0.5) is 11.6 Å². The van der Waals surface area contributed by atoms with Crippen molar-refractivity contribution >= 4 is 17.5 Å². The van der Waals surface area contributed by atoms with Crippen LogP contribution < -0.4 is 15.5 Å². The van der Waals surface area contributed by atoms with Gasteiger partial charge in [-0.05, 0) is 12.3 Å². The zero-order chi connectivity index (χ0) is 18.0. The van der Waals surface area contributed by atoms with Crippen LogP contribution in [0.3, 0.4) is 0 Å². The topological polar surface area (TPSA) is 79.4 Å². The number of carbonyl (C=O) groups excluding carboxylic acids is 1. The first kappa shape index (κ1) is 18.9. The average Bonchev–Trinajstić information content (AvgIpc) is 2.71. The van der Waals surface area contributed by atoms with Crippen LogP contribution >= 0.6 is 0 Å². The number of aromatic nitrogens is 2. The lowest BCUT2D eigenvalue weighted by atomic mass is 9.86. The Kier molecular flexibility index (Phi) is 7.49. The molecule has 1 saturated carbocycles. The van der Waals surface area contributed by atoms with Gasteiger partial charge in [0.15, 0.2) is 0 Å². The molecule has 1 amide bonds. The van der Waals surface area contributed by atoms with E-state index in [0.29, 0.717) is 19.5 Å². The highest BCUT2D eigenvalue weighted by atomic mass is 16.5. The van der Waals surface area contributed by atoms with Crippen LogP contribution in [-0.4, -0.2) is 55.3 Å². The summed E-state index contributed by atoms with van der Waals surface area (Å²) in [5, 5.41) is 6.26. The summed E-state index contributed by atoms with van der Waals surface area (Å²) in [5.74, 6) is 2.63. The Bertz CT molecular complexity index is 557. The number of anilines is 2. The Morgan fingerprint density at radius 1 is 1.15 bits per heavy atom. The fourth-order valence-electron chi connectivity index (χ4n) is 3.70. The quantitative estimate of drug-likeness (QED) is 0.691. The second kappa shape index (κ2) is 10.3. The van der Waals surface area contributed by atoms with Gasteiger partial charge in [-0.15, -0.1) is 0 Å². The van der Waals surface area contributed by atoms with Gasteiger partial charge in [0.1, 0.15) is 18.0 Å². The minimum Gasteiger partial charge on any atom is -0.378 e. The first-order valence-corrected chi connectivity index (χ1v) is 9.96. The summed E-state index contributed by atoms with van der Waals surface area (Å²) in [7, 11) is 0. The number of hydrogen-bond acceptors (Lipinski definition) is 6. The zero-order valence-electron chi connectivity index (χ0n) is 15.6. The molecule has 1 saturated heterocycles. The molecule has 1 aliphatic carbocycles. The lowest BCUT2D eigenvalue weighted by Crippen LogP contribution is -2.36. The van der Waals surface area contributed by atoms with Crippen molar-refractivity contribution in [1.29, 1.82) is 0 Å². The molecule has 1 aliphatic heterocycles. The maximum atomic E-state index is 12.0. The zero-order valence-corrected chi connectivity index (χ0v) is 15.6. The standard InChI is InChI=1S/C19H31N5O2/c25-19(7-6-16-4-2-1-3-5-16)21-9-8-20-17-14-18(23-15-22-17)24-10-12-26-13-11-24/h14-16H,1-13H2,(H,21,25)(H,20,22,23). The van der Waals surface area contributed by atoms with Crippen molar-refractivity contribution in [3.05, 3.63) is 12.4 Å². The highest BCUT2D eigenvalue weighted by molar-refractivity contribution is 5.75. The second-order valence-corrected chi connectivity index (χ2v) is 7.18. The first-order valence-electron chi connectivity index (χ1n) is 9.96. The second-order valence-electron chi connectivity index (χ2n) is 7.18. The van der Waals surface area contributed by atoms with E-state index in [1.807, 2.05) is 6.07 Å². The minimum atomic E-state index is 0.161. The predicted octanol–water partition coefficient (Wildman–Crippen LogP) is 2.20. The maximum Gasteiger partial charge on any atom is 0.220 e. The molecule has 0 bridgehead atoms. The Hall–Kier alpha value is -1.89. The summed E-state index contributed by atoms with van der Waals surface area (Å²) in [6.07, 6.45) is 9.90. The van der Waals surface area contributed by atoms with Gasteiger partial charge in [0.2, 0.25) is 5.91 Å². The Morgan fingerprint density at radius 2 is 1.96 bits per heavy atom.